The van der Waals surface area contributed by atoms with Crippen molar-refractivity contribution in [3.8, 4) is 17.0 Å². The molecular formula is C44H52N6O7. The van der Waals surface area contributed by atoms with Gasteiger partial charge in [-0.2, -0.15) is 0 Å². The molecule has 2 aliphatic heterocycles. The molecule has 2 saturated heterocycles. The van der Waals surface area contributed by atoms with Crippen LogP contribution in [0.15, 0.2) is 73.2 Å². The molecule has 57 heavy (non-hydrogen) atoms. The van der Waals surface area contributed by atoms with Crippen LogP contribution in [0.3, 0.4) is 0 Å². The van der Waals surface area contributed by atoms with E-state index in [9.17, 15) is 14.4 Å². The molecule has 3 aromatic heterocycles. The first-order chi connectivity index (χ1) is 27.8. The standard InChI is InChI=1S/C23H33N3O6.C21H19N3O/c1-25(21-6-7-22(29)24-23(21)30)13-18-12-19(5-4-17(18)16-28)26-14-20(15-26)32-11-3-10-31-9-2-8-27;1-24-19-9-10-22-13-18(19)17-7-5-14(11-20(17)24)15-6-8-21(23-12-15)25-16-3-2-4-16/h4-5,12,16,20-21,27H,2-3,6-11,13-15H2,1H3,(H,24,29,30);5-13,16H,2-4H2,1H3. The van der Waals surface area contributed by atoms with Gasteiger partial charge < -0.3 is 28.8 Å². The first kappa shape index (κ1) is 40.0. The molecule has 2 N–H and O–H groups in total. The number of anilines is 1. The van der Waals surface area contributed by atoms with Gasteiger partial charge in [-0.3, -0.25) is 29.6 Å². The van der Waals surface area contributed by atoms with E-state index in [0.717, 1.165) is 66.9 Å². The average Bonchev–Trinajstić information content (AvgIpc) is 3.47. The molecule has 5 aromatic rings. The fourth-order valence-electron chi connectivity index (χ4n) is 7.47. The summed E-state index contributed by atoms with van der Waals surface area (Å²) in [7, 11) is 3.94. The second-order valence-corrected chi connectivity index (χ2v) is 15.1. The molecule has 13 heteroatoms. The number of aliphatic hydroxyl groups is 1. The minimum Gasteiger partial charge on any atom is -0.474 e. The highest BCUT2D eigenvalue weighted by molar-refractivity contribution is 6.08. The highest BCUT2D eigenvalue weighted by atomic mass is 16.5. The van der Waals surface area contributed by atoms with Gasteiger partial charge in [-0.05, 0) is 93.1 Å². The van der Waals surface area contributed by atoms with Gasteiger partial charge in [-0.25, -0.2) is 4.98 Å². The van der Waals surface area contributed by atoms with Crippen molar-refractivity contribution in [3.63, 3.8) is 0 Å². The number of piperidine rings is 1. The van der Waals surface area contributed by atoms with Crippen molar-refractivity contribution >= 4 is 45.6 Å². The summed E-state index contributed by atoms with van der Waals surface area (Å²) >= 11 is 0. The topological polar surface area (TPSA) is 148 Å². The third-order valence-corrected chi connectivity index (χ3v) is 11.1. The Bertz CT molecular complexity index is 2160. The number of imide groups is 1. The molecule has 2 amide bonds. The van der Waals surface area contributed by atoms with E-state index < -0.39 is 0 Å². The zero-order valence-electron chi connectivity index (χ0n) is 32.8. The number of likely N-dealkylation sites (N-methyl/N-ethyl adjacent to an activating group) is 1. The molecule has 3 aliphatic rings. The number of rotatable bonds is 16. The Labute approximate surface area is 332 Å². The van der Waals surface area contributed by atoms with E-state index in [1.807, 2.05) is 54.8 Å². The summed E-state index contributed by atoms with van der Waals surface area (Å²) in [4.78, 5) is 47.9. The zero-order valence-corrected chi connectivity index (χ0v) is 32.8. The van der Waals surface area contributed by atoms with Crippen LogP contribution >= 0.6 is 0 Å². The van der Waals surface area contributed by atoms with Crippen molar-refractivity contribution in [2.45, 2.75) is 69.7 Å². The van der Waals surface area contributed by atoms with Gasteiger partial charge >= 0.3 is 0 Å². The Kier molecular flexibility index (Phi) is 13.2. The summed E-state index contributed by atoms with van der Waals surface area (Å²) in [5.74, 6) is 0.207. The molecule has 0 bridgehead atoms. The molecule has 0 radical (unpaired) electrons. The van der Waals surface area contributed by atoms with Crippen LogP contribution in [-0.4, -0.2) is 107 Å². The number of benzene rings is 2. The SMILES string of the molecule is CN(Cc1cc(N2CC(OCCCOCCCO)C2)ccc1C=O)C1CCC(=O)NC1=O.Cn1c2ccncc2c2ccc(-c3ccc(OC4CCC4)nc3)cc21. The number of nitrogens with zero attached hydrogens (tertiary/aromatic N) is 5. The largest absolute Gasteiger partial charge is 0.474 e. The number of pyridine rings is 2. The maximum absolute atomic E-state index is 12.1. The van der Waals surface area contributed by atoms with Gasteiger partial charge in [0.15, 0.2) is 0 Å². The third kappa shape index (κ3) is 9.67. The van der Waals surface area contributed by atoms with Gasteiger partial charge in [0, 0.05) is 117 Å². The summed E-state index contributed by atoms with van der Waals surface area (Å²) in [5.41, 5.74) is 7.14. The summed E-state index contributed by atoms with van der Waals surface area (Å²) in [5, 5.41) is 13.5. The second kappa shape index (κ2) is 18.8. The van der Waals surface area contributed by atoms with Crippen LogP contribution in [0, 0.1) is 0 Å². The highest BCUT2D eigenvalue weighted by Crippen LogP contribution is 2.32. The number of carbonyl (C=O) groups is 3. The third-order valence-electron chi connectivity index (χ3n) is 11.1. The van der Waals surface area contributed by atoms with Crippen LogP contribution < -0.4 is 15.0 Å². The molecular weight excluding hydrogens is 725 g/mol. The number of fused-ring (bicyclic) bond motifs is 3. The van der Waals surface area contributed by atoms with Crippen molar-refractivity contribution in [1.82, 2.24) is 24.8 Å². The van der Waals surface area contributed by atoms with Crippen LogP contribution in [0.5, 0.6) is 5.88 Å². The second-order valence-electron chi connectivity index (χ2n) is 15.1. The number of carbonyl (C=O) groups excluding carboxylic acids is 3. The van der Waals surface area contributed by atoms with Crippen LogP contribution in [0.4, 0.5) is 5.69 Å². The van der Waals surface area contributed by atoms with Crippen molar-refractivity contribution in [3.05, 3.63) is 84.3 Å². The van der Waals surface area contributed by atoms with E-state index in [0.29, 0.717) is 57.3 Å². The van der Waals surface area contributed by atoms with Crippen molar-refractivity contribution in [2.24, 2.45) is 7.05 Å². The van der Waals surface area contributed by atoms with Gasteiger partial charge in [0.2, 0.25) is 17.7 Å². The van der Waals surface area contributed by atoms with Gasteiger partial charge in [0.25, 0.3) is 0 Å². The van der Waals surface area contributed by atoms with Crippen LogP contribution in [-0.2, 0) is 32.7 Å². The number of hydrogen-bond donors (Lipinski definition) is 2. The molecule has 13 nitrogen and oxygen atoms in total. The lowest BCUT2D eigenvalue weighted by Gasteiger charge is -2.41. The summed E-state index contributed by atoms with van der Waals surface area (Å²) in [6.45, 7) is 4.01. The summed E-state index contributed by atoms with van der Waals surface area (Å²) < 4.78 is 19.3. The molecule has 8 rings (SSSR count). The first-order valence-corrected chi connectivity index (χ1v) is 19.9. The Morgan fingerprint density at radius 1 is 0.912 bits per heavy atom. The highest BCUT2D eigenvalue weighted by Gasteiger charge is 2.31. The lowest BCUT2D eigenvalue weighted by atomic mass is 9.96. The smallest absolute Gasteiger partial charge is 0.243 e. The van der Waals surface area contributed by atoms with Crippen LogP contribution in [0.25, 0.3) is 32.9 Å². The van der Waals surface area contributed by atoms with Crippen LogP contribution in [0.1, 0.15) is 60.9 Å². The van der Waals surface area contributed by atoms with Crippen molar-refractivity contribution in [2.75, 3.05) is 51.5 Å². The number of aryl methyl sites for hydroxylation is 1. The van der Waals surface area contributed by atoms with E-state index in [-0.39, 0.29) is 30.6 Å². The molecule has 1 atom stereocenters. The molecule has 0 spiro atoms. The van der Waals surface area contributed by atoms with Crippen molar-refractivity contribution in [1.29, 1.82) is 0 Å². The predicted molar refractivity (Wildman–Crippen MR) is 218 cm³/mol. The lowest BCUT2D eigenvalue weighted by Crippen LogP contribution is -2.52. The van der Waals surface area contributed by atoms with E-state index in [1.54, 1.807) is 0 Å². The molecule has 1 saturated carbocycles. The number of aliphatic hydroxyl groups excluding tert-OH is 1. The number of nitrogens with one attached hydrogen (secondary N) is 1. The number of ether oxygens (including phenoxy) is 3. The van der Waals surface area contributed by atoms with E-state index >= 15 is 0 Å². The fraction of sp³-hybridized carbons (Fsp3) is 0.432. The molecule has 2 aromatic carbocycles. The minimum absolute atomic E-state index is 0.150. The summed E-state index contributed by atoms with van der Waals surface area (Å²) in [6, 6.07) is 18.0. The fourth-order valence-corrected chi connectivity index (χ4v) is 7.47. The Morgan fingerprint density at radius 2 is 1.74 bits per heavy atom. The van der Waals surface area contributed by atoms with Crippen molar-refractivity contribution < 1.29 is 33.7 Å². The van der Waals surface area contributed by atoms with E-state index in [1.165, 1.54) is 28.2 Å². The Morgan fingerprint density at radius 3 is 2.47 bits per heavy atom. The monoisotopic (exact) mass is 776 g/mol. The average molecular weight is 777 g/mol. The number of aldehydes is 1. The maximum Gasteiger partial charge on any atom is 0.243 e. The summed E-state index contributed by atoms with van der Waals surface area (Å²) in [6.07, 6.45) is 12.9. The van der Waals surface area contributed by atoms with Gasteiger partial charge in [-0.1, -0.05) is 12.1 Å². The maximum atomic E-state index is 12.1. The van der Waals surface area contributed by atoms with Gasteiger partial charge in [0.1, 0.15) is 12.4 Å². The molecule has 1 aliphatic carbocycles. The molecule has 1 unspecified atom stereocenters. The number of hydrogen-bond acceptors (Lipinski definition) is 11. The molecule has 300 valence electrons. The molecule has 5 heterocycles. The van der Waals surface area contributed by atoms with E-state index in [2.05, 4.69) is 62.1 Å². The Balaban J connectivity index is 0.000000178. The number of aromatic nitrogens is 3. The normalized spacial score (nSPS) is 17.3. The van der Waals surface area contributed by atoms with E-state index in [4.69, 9.17) is 19.3 Å². The molecule has 3 fully saturated rings. The zero-order chi connectivity index (χ0) is 39.7. The predicted octanol–water partition coefficient (Wildman–Crippen LogP) is 5.45. The van der Waals surface area contributed by atoms with Gasteiger partial charge in [-0.15, -0.1) is 0 Å². The Hall–Kier alpha value is -5.21. The van der Waals surface area contributed by atoms with Crippen LogP contribution in [0.2, 0.25) is 0 Å². The minimum atomic E-state index is -0.384. The van der Waals surface area contributed by atoms with Gasteiger partial charge in [0.05, 0.1) is 17.7 Å². The number of amides is 2. The first-order valence-electron chi connectivity index (χ1n) is 19.9. The quantitative estimate of drug-likeness (QED) is 0.0749. The lowest BCUT2D eigenvalue weighted by molar-refractivity contribution is -0.137.